The Hall–Kier alpha value is -2.23. The van der Waals surface area contributed by atoms with Crippen LogP contribution in [0.4, 0.5) is 13.2 Å². The van der Waals surface area contributed by atoms with Gasteiger partial charge in [-0.05, 0) is 39.5 Å². The molecule has 0 saturated heterocycles. The molecule has 0 amide bonds. The van der Waals surface area contributed by atoms with Crippen molar-refractivity contribution < 1.29 is 18.3 Å². The number of aliphatic hydroxyl groups is 1. The number of aromatic nitrogens is 3. The minimum Gasteiger partial charge on any atom is -0.375 e. The lowest BCUT2D eigenvalue weighted by molar-refractivity contribution is -0.269. The molecule has 1 atom stereocenters. The highest BCUT2D eigenvalue weighted by atomic mass is 79.9. The highest BCUT2D eigenvalue weighted by Crippen LogP contribution is 2.43. The first-order valence-corrected chi connectivity index (χ1v) is 10.8. The minimum atomic E-state index is -4.82. The maximum Gasteiger partial charge on any atom is 0.423 e. The molecule has 4 nitrogen and oxygen atoms in total. The fourth-order valence-electron chi connectivity index (χ4n) is 3.36. The molecule has 0 spiro atoms. The van der Waals surface area contributed by atoms with E-state index in [4.69, 9.17) is 0 Å². The largest absolute Gasteiger partial charge is 0.423 e. The van der Waals surface area contributed by atoms with E-state index in [1.54, 1.807) is 11.3 Å². The van der Waals surface area contributed by atoms with E-state index in [1.807, 2.05) is 48.5 Å². The van der Waals surface area contributed by atoms with Crippen LogP contribution in [0.15, 0.2) is 58.5 Å². The van der Waals surface area contributed by atoms with Crippen molar-refractivity contribution in [2.24, 2.45) is 0 Å². The summed E-state index contributed by atoms with van der Waals surface area (Å²) in [7, 11) is 0. The predicted octanol–water partition coefficient (Wildman–Crippen LogP) is 6.13. The summed E-state index contributed by atoms with van der Waals surface area (Å²) in [6, 6.07) is 16.0. The van der Waals surface area contributed by atoms with Crippen LogP contribution < -0.4 is 0 Å². The van der Waals surface area contributed by atoms with Gasteiger partial charge in [-0.2, -0.15) is 13.2 Å². The van der Waals surface area contributed by atoms with E-state index in [0.717, 1.165) is 36.8 Å². The zero-order valence-corrected chi connectivity index (χ0v) is 18.2. The van der Waals surface area contributed by atoms with Gasteiger partial charge in [-0.1, -0.05) is 54.6 Å². The number of alkyl halides is 3. The van der Waals surface area contributed by atoms with Crippen molar-refractivity contribution in [3.8, 4) is 11.1 Å². The van der Waals surface area contributed by atoms with E-state index in [1.165, 1.54) is 11.6 Å². The fourth-order valence-corrected chi connectivity index (χ4v) is 5.34. The molecule has 30 heavy (non-hydrogen) atoms. The third-order valence-corrected chi connectivity index (χ3v) is 6.88. The Kier molecular flexibility index (Phi) is 5.46. The highest BCUT2D eigenvalue weighted by Gasteiger charge is 2.55. The third kappa shape index (κ3) is 3.66. The van der Waals surface area contributed by atoms with Crippen molar-refractivity contribution in [3.05, 3.63) is 69.8 Å². The number of rotatable bonds is 5. The molecule has 0 radical (unpaired) electrons. The summed E-state index contributed by atoms with van der Waals surface area (Å²) in [4.78, 5) is 0. The van der Waals surface area contributed by atoms with E-state index in [2.05, 4.69) is 26.2 Å². The molecular weight excluding hydrogens is 479 g/mol. The van der Waals surface area contributed by atoms with Crippen LogP contribution in [0.25, 0.3) is 21.2 Å². The average Bonchev–Trinajstić information content (AvgIpc) is 3.30. The van der Waals surface area contributed by atoms with Crippen LogP contribution in [0.1, 0.15) is 24.6 Å². The Bertz CT molecular complexity index is 1190. The molecule has 1 N–H and O–H groups in total. The minimum absolute atomic E-state index is 0.247. The maximum atomic E-state index is 13.3. The zero-order chi connectivity index (χ0) is 21.5. The average molecular weight is 496 g/mol. The second-order valence-corrected chi connectivity index (χ2v) is 9.33. The first-order valence-electron chi connectivity index (χ1n) is 9.19. The van der Waals surface area contributed by atoms with Crippen LogP contribution in [-0.2, 0) is 12.1 Å². The Balaban J connectivity index is 1.64. The van der Waals surface area contributed by atoms with Gasteiger partial charge in [0.2, 0.25) is 5.60 Å². The van der Waals surface area contributed by atoms with Crippen molar-refractivity contribution in [3.63, 3.8) is 0 Å². The standard InChI is InChI=1S/C21H17BrF3N3OS/c1-2-20(29,21(23,24)25)17-12-28(27-26-17)11-13-8-9-15-16(10-13)30-19(22)18(15)14-6-4-3-5-7-14/h3-10,12,29H,2,11H2,1H3. The lowest BCUT2D eigenvalue weighted by Gasteiger charge is -2.26. The number of benzene rings is 2. The topological polar surface area (TPSA) is 50.9 Å². The van der Waals surface area contributed by atoms with E-state index >= 15 is 0 Å². The Morgan fingerprint density at radius 3 is 2.53 bits per heavy atom. The molecule has 1 unspecified atom stereocenters. The molecule has 156 valence electrons. The summed E-state index contributed by atoms with van der Waals surface area (Å²) < 4.78 is 43.1. The molecular formula is C21H17BrF3N3OS. The first-order chi connectivity index (χ1) is 14.2. The van der Waals surface area contributed by atoms with E-state index in [-0.39, 0.29) is 6.54 Å². The lowest BCUT2D eigenvalue weighted by Crippen LogP contribution is -2.42. The van der Waals surface area contributed by atoms with Gasteiger partial charge in [0, 0.05) is 15.6 Å². The van der Waals surface area contributed by atoms with Gasteiger partial charge in [0.1, 0.15) is 5.69 Å². The second kappa shape index (κ2) is 7.79. The van der Waals surface area contributed by atoms with E-state index in [9.17, 15) is 18.3 Å². The summed E-state index contributed by atoms with van der Waals surface area (Å²) in [5, 5.41) is 18.5. The smallest absolute Gasteiger partial charge is 0.375 e. The number of hydrogen-bond donors (Lipinski definition) is 1. The molecule has 0 aliphatic heterocycles. The monoisotopic (exact) mass is 495 g/mol. The second-order valence-electron chi connectivity index (χ2n) is 6.96. The van der Waals surface area contributed by atoms with Gasteiger partial charge in [0.25, 0.3) is 0 Å². The van der Waals surface area contributed by atoms with Crippen LogP contribution in [0, 0.1) is 0 Å². The number of thiophene rings is 1. The summed E-state index contributed by atoms with van der Waals surface area (Å²) in [5.41, 5.74) is -0.403. The SMILES string of the molecule is CCC(O)(c1cn(Cc2ccc3c(-c4ccccc4)c(Br)sc3c2)nn1)C(F)(F)F. The molecule has 0 bridgehead atoms. The molecule has 9 heteroatoms. The van der Waals surface area contributed by atoms with Crippen molar-refractivity contribution >= 4 is 37.4 Å². The van der Waals surface area contributed by atoms with Gasteiger partial charge in [0.15, 0.2) is 0 Å². The number of fused-ring (bicyclic) bond motifs is 1. The fraction of sp³-hybridized carbons (Fsp3) is 0.238. The van der Waals surface area contributed by atoms with E-state index < -0.39 is 23.9 Å². The van der Waals surface area contributed by atoms with Gasteiger partial charge in [0.05, 0.1) is 16.5 Å². The van der Waals surface area contributed by atoms with E-state index in [0.29, 0.717) is 0 Å². The van der Waals surface area contributed by atoms with Crippen molar-refractivity contribution in [1.82, 2.24) is 15.0 Å². The van der Waals surface area contributed by atoms with Gasteiger partial charge in [-0.25, -0.2) is 4.68 Å². The van der Waals surface area contributed by atoms with Crippen molar-refractivity contribution in [2.45, 2.75) is 31.7 Å². The summed E-state index contributed by atoms with van der Waals surface area (Å²) in [5.74, 6) is 0. The van der Waals surface area contributed by atoms with Gasteiger partial charge >= 0.3 is 6.18 Å². The molecule has 0 aliphatic carbocycles. The van der Waals surface area contributed by atoms with Gasteiger partial charge in [-0.3, -0.25) is 0 Å². The Labute approximate surface area is 183 Å². The van der Waals surface area contributed by atoms with Crippen LogP contribution in [-0.4, -0.2) is 26.3 Å². The summed E-state index contributed by atoms with van der Waals surface area (Å²) in [6.07, 6.45) is -4.20. The Morgan fingerprint density at radius 2 is 1.87 bits per heavy atom. The van der Waals surface area contributed by atoms with Gasteiger partial charge in [-0.15, -0.1) is 16.4 Å². The van der Waals surface area contributed by atoms with Crippen LogP contribution in [0.2, 0.25) is 0 Å². The summed E-state index contributed by atoms with van der Waals surface area (Å²) in [6.45, 7) is 1.51. The number of halogens is 4. The molecule has 2 aromatic heterocycles. The molecule has 0 saturated carbocycles. The molecule has 2 aromatic carbocycles. The van der Waals surface area contributed by atoms with Crippen LogP contribution >= 0.6 is 27.3 Å². The third-order valence-electron chi connectivity index (χ3n) is 5.06. The first kappa shape index (κ1) is 21.0. The summed E-state index contributed by atoms with van der Waals surface area (Å²) >= 11 is 5.24. The predicted molar refractivity (Wildman–Crippen MR) is 114 cm³/mol. The zero-order valence-electron chi connectivity index (χ0n) is 15.8. The van der Waals surface area contributed by atoms with Crippen LogP contribution in [0.5, 0.6) is 0 Å². The molecule has 4 rings (SSSR count). The van der Waals surface area contributed by atoms with Crippen LogP contribution in [0.3, 0.4) is 0 Å². The van der Waals surface area contributed by atoms with Crippen molar-refractivity contribution in [1.29, 1.82) is 0 Å². The molecule has 0 fully saturated rings. The van der Waals surface area contributed by atoms with Crippen molar-refractivity contribution in [2.75, 3.05) is 0 Å². The Morgan fingerprint density at radius 1 is 1.13 bits per heavy atom. The quantitative estimate of drug-likeness (QED) is 0.362. The molecule has 4 aromatic rings. The maximum absolute atomic E-state index is 13.3. The van der Waals surface area contributed by atoms with Gasteiger partial charge < -0.3 is 5.11 Å². The highest BCUT2D eigenvalue weighted by molar-refractivity contribution is 9.11. The molecule has 2 heterocycles. The lowest BCUT2D eigenvalue weighted by atomic mass is 9.96. The number of nitrogens with zero attached hydrogens (tertiary/aromatic N) is 3. The number of hydrogen-bond acceptors (Lipinski definition) is 4. The molecule has 0 aliphatic rings. The normalized spacial score (nSPS) is 14.2.